The topological polar surface area (TPSA) is 81.9 Å². The minimum atomic E-state index is -0.322. The van der Waals surface area contributed by atoms with E-state index in [9.17, 15) is 4.79 Å². The van der Waals surface area contributed by atoms with Gasteiger partial charge < -0.3 is 10.1 Å². The first-order chi connectivity index (χ1) is 12.6. The summed E-state index contributed by atoms with van der Waals surface area (Å²) < 4.78 is 7.04. The summed E-state index contributed by atoms with van der Waals surface area (Å²) in [4.78, 5) is 21.4. The third kappa shape index (κ3) is 2.63. The number of pyridine rings is 2. The Morgan fingerprint density at radius 2 is 2.00 bits per heavy atom. The second kappa shape index (κ2) is 6.11. The molecule has 4 rings (SSSR count). The van der Waals surface area contributed by atoms with Gasteiger partial charge in [-0.25, -0.2) is 9.97 Å². The van der Waals surface area contributed by atoms with E-state index in [1.807, 2.05) is 44.3 Å². The average Bonchev–Trinajstić information content (AvgIpc) is 2.94. The molecule has 0 atom stereocenters. The molecule has 1 N–H and O–H groups in total. The first-order valence-corrected chi connectivity index (χ1v) is 8.11. The van der Waals surface area contributed by atoms with Crippen LogP contribution in [0.25, 0.3) is 21.8 Å². The Bertz CT molecular complexity index is 1150. The van der Waals surface area contributed by atoms with E-state index in [0.717, 1.165) is 27.5 Å². The fourth-order valence-electron chi connectivity index (χ4n) is 3.01. The summed E-state index contributed by atoms with van der Waals surface area (Å²) in [6.07, 6.45) is 1.61. The highest BCUT2D eigenvalue weighted by Crippen LogP contribution is 2.25. The van der Waals surface area contributed by atoms with Crippen LogP contribution in [-0.2, 0) is 7.05 Å². The standard InChI is InChI=1S/C19H17N5O2/c1-11-15-9-13(10-20-17(15)24(2)23-11)21-18(25)16-8-12-6-4-5-7-14(12)19(22-16)26-3/h4-10H,1-3H3,(H,21,25). The lowest BCUT2D eigenvalue weighted by molar-refractivity contribution is 0.102. The van der Waals surface area contributed by atoms with Gasteiger partial charge in [-0.2, -0.15) is 5.10 Å². The Kier molecular flexibility index (Phi) is 3.76. The number of aromatic nitrogens is 4. The van der Waals surface area contributed by atoms with Gasteiger partial charge >= 0.3 is 0 Å². The normalized spacial score (nSPS) is 11.0. The molecule has 0 bridgehead atoms. The van der Waals surface area contributed by atoms with E-state index in [-0.39, 0.29) is 11.6 Å². The number of hydrogen-bond acceptors (Lipinski definition) is 5. The van der Waals surface area contributed by atoms with Crippen LogP contribution in [0.4, 0.5) is 5.69 Å². The molecule has 1 aromatic carbocycles. The van der Waals surface area contributed by atoms with Crippen molar-refractivity contribution in [3.8, 4) is 5.88 Å². The Labute approximate surface area is 149 Å². The van der Waals surface area contributed by atoms with E-state index in [1.165, 1.54) is 0 Å². The van der Waals surface area contributed by atoms with Gasteiger partial charge in [0.2, 0.25) is 5.88 Å². The van der Waals surface area contributed by atoms with Crippen molar-refractivity contribution in [2.45, 2.75) is 6.92 Å². The Morgan fingerprint density at radius 1 is 1.19 bits per heavy atom. The van der Waals surface area contributed by atoms with Crippen molar-refractivity contribution in [2.24, 2.45) is 7.05 Å². The van der Waals surface area contributed by atoms with Crippen LogP contribution >= 0.6 is 0 Å². The summed E-state index contributed by atoms with van der Waals surface area (Å²) in [5.41, 5.74) is 2.50. The van der Waals surface area contributed by atoms with Crippen molar-refractivity contribution in [2.75, 3.05) is 12.4 Å². The Hall–Kier alpha value is -3.48. The average molecular weight is 347 g/mol. The lowest BCUT2D eigenvalue weighted by atomic mass is 10.1. The molecule has 0 spiro atoms. The molecule has 3 heterocycles. The molecule has 26 heavy (non-hydrogen) atoms. The minimum Gasteiger partial charge on any atom is -0.481 e. The second-order valence-electron chi connectivity index (χ2n) is 6.00. The molecule has 130 valence electrons. The smallest absolute Gasteiger partial charge is 0.274 e. The largest absolute Gasteiger partial charge is 0.481 e. The zero-order valence-corrected chi connectivity index (χ0v) is 14.6. The molecule has 0 saturated carbocycles. The van der Waals surface area contributed by atoms with Crippen LogP contribution in [0, 0.1) is 6.92 Å². The van der Waals surface area contributed by atoms with Crippen LogP contribution in [0.2, 0.25) is 0 Å². The lowest BCUT2D eigenvalue weighted by Gasteiger charge is -2.09. The molecular formula is C19H17N5O2. The van der Waals surface area contributed by atoms with Crippen molar-refractivity contribution in [3.63, 3.8) is 0 Å². The van der Waals surface area contributed by atoms with Gasteiger partial charge in [-0.05, 0) is 30.5 Å². The van der Waals surface area contributed by atoms with Crippen LogP contribution in [0.15, 0.2) is 42.6 Å². The number of nitrogens with one attached hydrogen (secondary N) is 1. The number of aryl methyl sites for hydroxylation is 2. The first kappa shape index (κ1) is 16.0. The molecule has 0 unspecified atom stereocenters. The van der Waals surface area contributed by atoms with E-state index in [2.05, 4.69) is 20.4 Å². The Morgan fingerprint density at radius 3 is 2.81 bits per heavy atom. The maximum absolute atomic E-state index is 12.7. The molecule has 0 aliphatic rings. The summed E-state index contributed by atoms with van der Waals surface area (Å²) in [5.74, 6) is 0.0988. The van der Waals surface area contributed by atoms with E-state index in [1.54, 1.807) is 24.1 Å². The predicted molar refractivity (Wildman–Crippen MR) is 99.5 cm³/mol. The third-order valence-corrected chi connectivity index (χ3v) is 4.25. The number of benzene rings is 1. The highest BCUT2D eigenvalue weighted by atomic mass is 16.5. The summed E-state index contributed by atoms with van der Waals surface area (Å²) in [6.45, 7) is 1.91. The highest BCUT2D eigenvalue weighted by Gasteiger charge is 2.14. The number of rotatable bonds is 3. The van der Waals surface area contributed by atoms with Gasteiger partial charge in [0.15, 0.2) is 5.65 Å². The molecule has 7 nitrogen and oxygen atoms in total. The van der Waals surface area contributed by atoms with Crippen LogP contribution in [-0.4, -0.2) is 32.8 Å². The summed E-state index contributed by atoms with van der Waals surface area (Å²) >= 11 is 0. The number of nitrogens with zero attached hydrogens (tertiary/aromatic N) is 4. The molecule has 1 amide bonds. The number of hydrogen-bond donors (Lipinski definition) is 1. The highest BCUT2D eigenvalue weighted by molar-refractivity contribution is 6.06. The molecule has 3 aromatic heterocycles. The molecule has 0 saturated heterocycles. The van der Waals surface area contributed by atoms with Crippen LogP contribution < -0.4 is 10.1 Å². The number of amides is 1. The van der Waals surface area contributed by atoms with Gasteiger partial charge in [0.1, 0.15) is 5.69 Å². The van der Waals surface area contributed by atoms with Gasteiger partial charge in [-0.1, -0.05) is 18.2 Å². The van der Waals surface area contributed by atoms with E-state index >= 15 is 0 Å². The second-order valence-corrected chi connectivity index (χ2v) is 6.00. The predicted octanol–water partition coefficient (Wildman–Crippen LogP) is 3.09. The molecule has 7 heteroatoms. The van der Waals surface area contributed by atoms with Crippen molar-refractivity contribution >= 4 is 33.4 Å². The summed E-state index contributed by atoms with van der Waals surface area (Å²) in [6, 6.07) is 11.3. The third-order valence-electron chi connectivity index (χ3n) is 4.25. The maximum atomic E-state index is 12.7. The fourth-order valence-corrected chi connectivity index (χ4v) is 3.01. The van der Waals surface area contributed by atoms with E-state index in [0.29, 0.717) is 11.6 Å². The van der Waals surface area contributed by atoms with Crippen LogP contribution in [0.5, 0.6) is 5.88 Å². The van der Waals surface area contributed by atoms with Gasteiger partial charge in [-0.3, -0.25) is 9.48 Å². The van der Waals surface area contributed by atoms with Crippen LogP contribution in [0.1, 0.15) is 16.2 Å². The van der Waals surface area contributed by atoms with Crippen molar-refractivity contribution in [1.82, 2.24) is 19.7 Å². The van der Waals surface area contributed by atoms with Gasteiger partial charge in [-0.15, -0.1) is 0 Å². The van der Waals surface area contributed by atoms with E-state index in [4.69, 9.17) is 4.74 Å². The number of carbonyl (C=O) groups excluding carboxylic acids is 1. The number of carbonyl (C=O) groups is 1. The molecule has 0 aliphatic carbocycles. The molecule has 0 radical (unpaired) electrons. The van der Waals surface area contributed by atoms with Crippen molar-refractivity contribution in [3.05, 3.63) is 54.0 Å². The van der Waals surface area contributed by atoms with Crippen molar-refractivity contribution < 1.29 is 9.53 Å². The number of fused-ring (bicyclic) bond motifs is 2. The quantitative estimate of drug-likeness (QED) is 0.616. The molecular weight excluding hydrogens is 330 g/mol. The maximum Gasteiger partial charge on any atom is 0.274 e. The minimum absolute atomic E-state index is 0.281. The summed E-state index contributed by atoms with van der Waals surface area (Å²) in [5, 5.41) is 9.83. The number of anilines is 1. The first-order valence-electron chi connectivity index (χ1n) is 8.11. The van der Waals surface area contributed by atoms with Gasteiger partial charge in [0.05, 0.1) is 24.7 Å². The van der Waals surface area contributed by atoms with Crippen molar-refractivity contribution in [1.29, 1.82) is 0 Å². The van der Waals surface area contributed by atoms with Crippen LogP contribution in [0.3, 0.4) is 0 Å². The summed E-state index contributed by atoms with van der Waals surface area (Å²) in [7, 11) is 3.38. The monoisotopic (exact) mass is 347 g/mol. The fraction of sp³-hybridized carbons (Fsp3) is 0.158. The van der Waals surface area contributed by atoms with Gasteiger partial charge in [0, 0.05) is 17.8 Å². The number of methoxy groups -OCH3 is 1. The molecule has 0 aliphatic heterocycles. The number of ether oxygens (including phenoxy) is 1. The molecule has 4 aromatic rings. The molecule has 0 fully saturated rings. The van der Waals surface area contributed by atoms with Gasteiger partial charge in [0.25, 0.3) is 5.91 Å². The zero-order valence-electron chi connectivity index (χ0n) is 14.6. The lowest BCUT2D eigenvalue weighted by Crippen LogP contribution is -2.14. The van der Waals surface area contributed by atoms with E-state index < -0.39 is 0 Å². The SMILES string of the molecule is COc1nc(C(=O)Nc2cnc3c(c2)c(C)nn3C)cc2ccccc12. The Balaban J connectivity index is 1.70. The zero-order chi connectivity index (χ0) is 18.3.